The SMILES string of the molecule is CN=C(NCCCOCC1CC1)NCC(CC(C)C)N1CCOCC1. The molecule has 1 saturated carbocycles. The molecule has 0 spiro atoms. The third-order valence-corrected chi connectivity index (χ3v) is 4.84. The predicted molar refractivity (Wildman–Crippen MR) is 103 cm³/mol. The zero-order chi connectivity index (χ0) is 17.9. The predicted octanol–water partition coefficient (Wildman–Crippen LogP) is 1.72. The summed E-state index contributed by atoms with van der Waals surface area (Å²) in [5.74, 6) is 2.43. The van der Waals surface area contributed by atoms with E-state index >= 15 is 0 Å². The summed E-state index contributed by atoms with van der Waals surface area (Å²) in [5, 5.41) is 6.91. The normalized spacial score (nSPS) is 20.7. The lowest BCUT2D eigenvalue weighted by molar-refractivity contribution is 0.0132. The van der Waals surface area contributed by atoms with Crippen LogP contribution in [0.15, 0.2) is 4.99 Å². The molecule has 6 heteroatoms. The molecule has 2 N–H and O–H groups in total. The lowest BCUT2D eigenvalue weighted by Gasteiger charge is -2.35. The quantitative estimate of drug-likeness (QED) is 0.336. The topological polar surface area (TPSA) is 58.1 Å². The molecule has 0 aromatic heterocycles. The van der Waals surface area contributed by atoms with Crippen molar-refractivity contribution >= 4 is 5.96 Å². The summed E-state index contributed by atoms with van der Waals surface area (Å²) in [5.41, 5.74) is 0. The lowest BCUT2D eigenvalue weighted by atomic mass is 10.0. The van der Waals surface area contributed by atoms with E-state index in [9.17, 15) is 0 Å². The molecule has 1 heterocycles. The largest absolute Gasteiger partial charge is 0.381 e. The summed E-state index contributed by atoms with van der Waals surface area (Å²) in [6, 6.07) is 0.532. The number of rotatable bonds is 11. The molecule has 1 atom stereocenters. The van der Waals surface area contributed by atoms with Crippen LogP contribution in [0.2, 0.25) is 0 Å². The van der Waals surface area contributed by atoms with Gasteiger partial charge in [0.25, 0.3) is 0 Å². The van der Waals surface area contributed by atoms with Gasteiger partial charge in [-0.1, -0.05) is 13.8 Å². The molecule has 2 fully saturated rings. The van der Waals surface area contributed by atoms with Crippen LogP contribution >= 0.6 is 0 Å². The van der Waals surface area contributed by atoms with Crippen LogP contribution in [0.25, 0.3) is 0 Å². The molecule has 0 amide bonds. The maximum absolute atomic E-state index is 5.68. The Morgan fingerprint density at radius 2 is 2.00 bits per heavy atom. The summed E-state index contributed by atoms with van der Waals surface area (Å²) in [7, 11) is 1.84. The molecular formula is C19H38N4O2. The maximum atomic E-state index is 5.68. The molecule has 25 heavy (non-hydrogen) atoms. The smallest absolute Gasteiger partial charge is 0.191 e. The summed E-state index contributed by atoms with van der Waals surface area (Å²) in [6.45, 7) is 12.0. The van der Waals surface area contributed by atoms with Gasteiger partial charge < -0.3 is 20.1 Å². The second-order valence-corrected chi connectivity index (χ2v) is 7.68. The van der Waals surface area contributed by atoms with Crippen molar-refractivity contribution in [1.82, 2.24) is 15.5 Å². The number of hydrogen-bond acceptors (Lipinski definition) is 4. The van der Waals surface area contributed by atoms with Gasteiger partial charge in [-0.2, -0.15) is 0 Å². The van der Waals surface area contributed by atoms with Crippen molar-refractivity contribution in [2.24, 2.45) is 16.8 Å². The van der Waals surface area contributed by atoms with E-state index in [2.05, 4.69) is 34.4 Å². The Labute approximate surface area is 153 Å². The molecule has 2 rings (SSSR count). The van der Waals surface area contributed by atoms with E-state index in [0.717, 1.165) is 70.9 Å². The molecule has 0 aromatic rings. The van der Waals surface area contributed by atoms with E-state index in [-0.39, 0.29) is 0 Å². The van der Waals surface area contributed by atoms with E-state index in [1.165, 1.54) is 19.3 Å². The molecular weight excluding hydrogens is 316 g/mol. The van der Waals surface area contributed by atoms with E-state index < -0.39 is 0 Å². The van der Waals surface area contributed by atoms with E-state index in [1.807, 2.05) is 7.05 Å². The fourth-order valence-corrected chi connectivity index (χ4v) is 3.20. The first-order chi connectivity index (χ1) is 12.2. The zero-order valence-corrected chi connectivity index (χ0v) is 16.4. The summed E-state index contributed by atoms with van der Waals surface area (Å²) < 4.78 is 11.2. The van der Waals surface area contributed by atoms with Crippen LogP contribution in [0.1, 0.15) is 39.5 Å². The number of aliphatic imine (C=N–C) groups is 1. The highest BCUT2D eigenvalue weighted by atomic mass is 16.5. The van der Waals surface area contributed by atoms with Gasteiger partial charge in [-0.25, -0.2) is 0 Å². The minimum absolute atomic E-state index is 0.532. The highest BCUT2D eigenvalue weighted by molar-refractivity contribution is 5.79. The van der Waals surface area contributed by atoms with Crippen molar-refractivity contribution in [1.29, 1.82) is 0 Å². The Bertz CT molecular complexity index is 380. The molecule has 1 aliphatic heterocycles. The van der Waals surface area contributed by atoms with Crippen LogP contribution in [-0.2, 0) is 9.47 Å². The fraction of sp³-hybridized carbons (Fsp3) is 0.947. The third-order valence-electron chi connectivity index (χ3n) is 4.84. The molecule has 1 saturated heterocycles. The monoisotopic (exact) mass is 354 g/mol. The van der Waals surface area contributed by atoms with E-state index in [0.29, 0.717) is 12.0 Å². The Morgan fingerprint density at radius 3 is 2.64 bits per heavy atom. The maximum Gasteiger partial charge on any atom is 0.191 e. The van der Waals surface area contributed by atoms with Gasteiger partial charge >= 0.3 is 0 Å². The van der Waals surface area contributed by atoms with Gasteiger partial charge in [-0.3, -0.25) is 9.89 Å². The van der Waals surface area contributed by atoms with Crippen LogP contribution in [0, 0.1) is 11.8 Å². The van der Waals surface area contributed by atoms with Crippen LogP contribution < -0.4 is 10.6 Å². The van der Waals surface area contributed by atoms with E-state index in [1.54, 1.807) is 0 Å². The second kappa shape index (κ2) is 11.7. The molecule has 2 aliphatic rings. The van der Waals surface area contributed by atoms with Crippen LogP contribution in [-0.4, -0.2) is 76.6 Å². The first-order valence-corrected chi connectivity index (χ1v) is 10.0. The highest BCUT2D eigenvalue weighted by Crippen LogP contribution is 2.28. The molecule has 1 aliphatic carbocycles. The fourth-order valence-electron chi connectivity index (χ4n) is 3.20. The summed E-state index contributed by atoms with van der Waals surface area (Å²) in [6.07, 6.45) is 4.93. The number of nitrogens with zero attached hydrogens (tertiary/aromatic N) is 2. The van der Waals surface area contributed by atoms with Crippen molar-refractivity contribution in [3.63, 3.8) is 0 Å². The van der Waals surface area contributed by atoms with Gasteiger partial charge in [0.05, 0.1) is 13.2 Å². The molecule has 6 nitrogen and oxygen atoms in total. The van der Waals surface area contributed by atoms with Gasteiger partial charge in [0.15, 0.2) is 5.96 Å². The Balaban J connectivity index is 1.63. The van der Waals surface area contributed by atoms with Crippen molar-refractivity contribution in [3.8, 4) is 0 Å². The minimum Gasteiger partial charge on any atom is -0.381 e. The van der Waals surface area contributed by atoms with Gasteiger partial charge in [-0.05, 0) is 37.5 Å². The van der Waals surface area contributed by atoms with Gasteiger partial charge in [0.2, 0.25) is 0 Å². The second-order valence-electron chi connectivity index (χ2n) is 7.68. The lowest BCUT2D eigenvalue weighted by Crippen LogP contribution is -2.51. The standard InChI is InChI=1S/C19H38N4O2/c1-16(2)13-18(23-8-11-24-12-9-23)14-22-19(20-3)21-7-4-10-25-15-17-5-6-17/h16-18H,4-15H2,1-3H3,(H2,20,21,22). The molecule has 146 valence electrons. The summed E-state index contributed by atoms with van der Waals surface area (Å²) in [4.78, 5) is 6.90. The van der Waals surface area contributed by atoms with Gasteiger partial charge in [0, 0.05) is 52.5 Å². The number of hydrogen-bond donors (Lipinski definition) is 2. The number of morpholine rings is 1. The number of nitrogens with one attached hydrogen (secondary N) is 2. The van der Waals surface area contributed by atoms with Gasteiger partial charge in [-0.15, -0.1) is 0 Å². The number of guanidine groups is 1. The molecule has 1 unspecified atom stereocenters. The third kappa shape index (κ3) is 8.88. The Hall–Kier alpha value is -0.850. The average Bonchev–Trinajstić information content (AvgIpc) is 3.44. The van der Waals surface area contributed by atoms with Crippen LogP contribution in [0.4, 0.5) is 0 Å². The van der Waals surface area contributed by atoms with Crippen molar-refractivity contribution < 1.29 is 9.47 Å². The Morgan fingerprint density at radius 1 is 1.24 bits per heavy atom. The first kappa shape index (κ1) is 20.5. The number of ether oxygens (including phenoxy) is 2. The van der Waals surface area contributed by atoms with Crippen LogP contribution in [0.3, 0.4) is 0 Å². The van der Waals surface area contributed by atoms with Crippen molar-refractivity contribution in [2.45, 2.75) is 45.6 Å². The molecule has 0 aromatic carbocycles. The zero-order valence-electron chi connectivity index (χ0n) is 16.4. The molecule has 0 bridgehead atoms. The highest BCUT2D eigenvalue weighted by Gasteiger charge is 2.22. The van der Waals surface area contributed by atoms with Crippen molar-refractivity contribution in [2.75, 3.05) is 59.7 Å². The van der Waals surface area contributed by atoms with Crippen LogP contribution in [0.5, 0.6) is 0 Å². The van der Waals surface area contributed by atoms with Crippen molar-refractivity contribution in [3.05, 3.63) is 0 Å². The van der Waals surface area contributed by atoms with Gasteiger partial charge in [0.1, 0.15) is 0 Å². The first-order valence-electron chi connectivity index (χ1n) is 10.0. The van der Waals surface area contributed by atoms with E-state index in [4.69, 9.17) is 9.47 Å². The molecule has 0 radical (unpaired) electrons. The Kier molecular flexibility index (Phi) is 9.58. The average molecular weight is 355 g/mol. The summed E-state index contributed by atoms with van der Waals surface area (Å²) >= 11 is 0. The minimum atomic E-state index is 0.532.